The predicted octanol–water partition coefficient (Wildman–Crippen LogP) is 4.77. The van der Waals surface area contributed by atoms with E-state index in [4.69, 9.17) is 11.6 Å². The molecule has 2 rings (SSSR count). The SMILES string of the molecule is CCCNc1ncc(Cl)c(Nc2ccc(C)c(Br)c2)n1. The van der Waals surface area contributed by atoms with Crippen LogP contribution in [0.1, 0.15) is 18.9 Å². The molecule has 2 N–H and O–H groups in total. The molecule has 1 aromatic carbocycles. The maximum atomic E-state index is 6.12. The Kier molecular flexibility index (Phi) is 5.20. The molecule has 0 bridgehead atoms. The molecule has 0 saturated heterocycles. The van der Waals surface area contributed by atoms with Gasteiger partial charge in [0.1, 0.15) is 5.02 Å². The summed E-state index contributed by atoms with van der Waals surface area (Å²) in [5.74, 6) is 1.17. The average Bonchev–Trinajstić information content (AvgIpc) is 2.44. The van der Waals surface area contributed by atoms with Gasteiger partial charge in [-0.15, -0.1) is 0 Å². The molecule has 0 unspecified atom stereocenters. The molecule has 0 aliphatic carbocycles. The fourth-order valence-corrected chi connectivity index (χ4v) is 2.10. The van der Waals surface area contributed by atoms with E-state index in [9.17, 15) is 0 Å². The van der Waals surface area contributed by atoms with Gasteiger partial charge in [-0.25, -0.2) is 4.98 Å². The number of nitrogens with zero attached hydrogens (tertiary/aromatic N) is 2. The van der Waals surface area contributed by atoms with E-state index in [0.29, 0.717) is 16.8 Å². The summed E-state index contributed by atoms with van der Waals surface area (Å²) in [7, 11) is 0. The molecule has 0 atom stereocenters. The number of hydrogen-bond donors (Lipinski definition) is 2. The second-order valence-electron chi connectivity index (χ2n) is 4.41. The van der Waals surface area contributed by atoms with Crippen LogP contribution in [0.3, 0.4) is 0 Å². The van der Waals surface area contributed by atoms with Crippen LogP contribution in [0.5, 0.6) is 0 Å². The number of benzene rings is 1. The molecule has 0 aliphatic rings. The van der Waals surface area contributed by atoms with Crippen LogP contribution >= 0.6 is 27.5 Å². The van der Waals surface area contributed by atoms with Gasteiger partial charge >= 0.3 is 0 Å². The van der Waals surface area contributed by atoms with Crippen molar-refractivity contribution in [2.24, 2.45) is 0 Å². The van der Waals surface area contributed by atoms with Gasteiger partial charge in [-0.05, 0) is 31.0 Å². The summed E-state index contributed by atoms with van der Waals surface area (Å²) in [6.07, 6.45) is 2.61. The molecule has 0 saturated carbocycles. The minimum atomic E-state index is 0.490. The van der Waals surface area contributed by atoms with Crippen molar-refractivity contribution in [2.75, 3.05) is 17.2 Å². The normalized spacial score (nSPS) is 10.4. The van der Waals surface area contributed by atoms with Crippen LogP contribution in [-0.4, -0.2) is 16.5 Å². The fourth-order valence-electron chi connectivity index (χ4n) is 1.58. The first-order chi connectivity index (χ1) is 9.60. The first-order valence-electron chi connectivity index (χ1n) is 6.39. The summed E-state index contributed by atoms with van der Waals surface area (Å²) >= 11 is 9.63. The highest BCUT2D eigenvalue weighted by Crippen LogP contribution is 2.26. The van der Waals surface area contributed by atoms with Gasteiger partial charge in [0, 0.05) is 16.7 Å². The lowest BCUT2D eigenvalue weighted by molar-refractivity contribution is 0.953. The van der Waals surface area contributed by atoms with Gasteiger partial charge in [-0.3, -0.25) is 0 Å². The Hall–Kier alpha value is -1.33. The van der Waals surface area contributed by atoms with Crippen molar-refractivity contribution in [2.45, 2.75) is 20.3 Å². The lowest BCUT2D eigenvalue weighted by Gasteiger charge is -2.10. The lowest BCUT2D eigenvalue weighted by atomic mass is 10.2. The summed E-state index contributed by atoms with van der Waals surface area (Å²) < 4.78 is 1.04. The quantitative estimate of drug-likeness (QED) is 0.811. The molecule has 1 aromatic heterocycles. The Balaban J connectivity index is 2.20. The monoisotopic (exact) mass is 354 g/mol. The Bertz CT molecular complexity index is 604. The Morgan fingerprint density at radius 2 is 2.15 bits per heavy atom. The van der Waals surface area contributed by atoms with E-state index in [-0.39, 0.29) is 0 Å². The number of aryl methyl sites for hydroxylation is 1. The Morgan fingerprint density at radius 1 is 1.35 bits per heavy atom. The van der Waals surface area contributed by atoms with Crippen LogP contribution in [0.15, 0.2) is 28.9 Å². The van der Waals surface area contributed by atoms with E-state index < -0.39 is 0 Å². The molecule has 0 aliphatic heterocycles. The maximum Gasteiger partial charge on any atom is 0.224 e. The molecule has 0 amide bonds. The molecule has 0 fully saturated rings. The van der Waals surface area contributed by atoms with Crippen LogP contribution in [-0.2, 0) is 0 Å². The highest BCUT2D eigenvalue weighted by atomic mass is 79.9. The van der Waals surface area contributed by atoms with Gasteiger partial charge in [-0.2, -0.15) is 4.98 Å². The van der Waals surface area contributed by atoms with Gasteiger partial charge in [0.25, 0.3) is 0 Å². The van der Waals surface area contributed by atoms with Crippen molar-refractivity contribution in [3.8, 4) is 0 Å². The number of rotatable bonds is 5. The molecule has 2 aromatic rings. The maximum absolute atomic E-state index is 6.12. The number of aromatic nitrogens is 2. The third-order valence-electron chi connectivity index (χ3n) is 2.71. The van der Waals surface area contributed by atoms with Gasteiger partial charge < -0.3 is 10.6 Å². The summed E-state index contributed by atoms with van der Waals surface area (Å²) in [6, 6.07) is 6.00. The second-order valence-corrected chi connectivity index (χ2v) is 5.67. The third kappa shape index (κ3) is 3.84. The Morgan fingerprint density at radius 3 is 2.85 bits per heavy atom. The molecule has 0 radical (unpaired) electrons. The minimum absolute atomic E-state index is 0.490. The third-order valence-corrected chi connectivity index (χ3v) is 3.84. The van der Waals surface area contributed by atoms with Crippen LogP contribution in [0.2, 0.25) is 5.02 Å². The number of anilines is 3. The summed E-state index contributed by atoms with van der Waals surface area (Å²) in [5.41, 5.74) is 2.10. The van der Waals surface area contributed by atoms with Gasteiger partial charge in [0.15, 0.2) is 5.82 Å². The zero-order valence-corrected chi connectivity index (χ0v) is 13.7. The summed E-state index contributed by atoms with van der Waals surface area (Å²) in [5, 5.41) is 6.83. The molecule has 6 heteroatoms. The highest BCUT2D eigenvalue weighted by Gasteiger charge is 2.06. The first-order valence-corrected chi connectivity index (χ1v) is 7.57. The van der Waals surface area contributed by atoms with Crippen molar-refractivity contribution in [3.05, 3.63) is 39.5 Å². The zero-order chi connectivity index (χ0) is 14.5. The summed E-state index contributed by atoms with van der Waals surface area (Å²) in [6.45, 7) is 4.96. The number of halogens is 2. The largest absolute Gasteiger partial charge is 0.354 e. The van der Waals surface area contributed by atoms with Crippen LogP contribution in [0.25, 0.3) is 0 Å². The van der Waals surface area contributed by atoms with E-state index >= 15 is 0 Å². The fraction of sp³-hybridized carbons (Fsp3) is 0.286. The van der Waals surface area contributed by atoms with Crippen LogP contribution in [0, 0.1) is 6.92 Å². The lowest BCUT2D eigenvalue weighted by Crippen LogP contribution is -2.06. The molecular formula is C14H16BrClN4. The predicted molar refractivity (Wildman–Crippen MR) is 88.0 cm³/mol. The van der Waals surface area contributed by atoms with E-state index in [1.807, 2.05) is 25.1 Å². The van der Waals surface area contributed by atoms with E-state index in [2.05, 4.69) is 43.5 Å². The average molecular weight is 356 g/mol. The zero-order valence-electron chi connectivity index (χ0n) is 11.4. The number of hydrogen-bond acceptors (Lipinski definition) is 4. The van der Waals surface area contributed by atoms with E-state index in [1.165, 1.54) is 5.56 Å². The topological polar surface area (TPSA) is 49.8 Å². The van der Waals surface area contributed by atoms with Crippen molar-refractivity contribution >= 4 is 45.0 Å². The van der Waals surface area contributed by atoms with Gasteiger partial charge in [-0.1, -0.05) is 40.5 Å². The van der Waals surface area contributed by atoms with Crippen LogP contribution < -0.4 is 10.6 Å². The van der Waals surface area contributed by atoms with Crippen molar-refractivity contribution < 1.29 is 0 Å². The minimum Gasteiger partial charge on any atom is -0.354 e. The molecule has 0 spiro atoms. The smallest absolute Gasteiger partial charge is 0.224 e. The first kappa shape index (κ1) is 15.1. The van der Waals surface area contributed by atoms with Crippen molar-refractivity contribution in [3.63, 3.8) is 0 Å². The van der Waals surface area contributed by atoms with Crippen LogP contribution in [0.4, 0.5) is 17.5 Å². The second kappa shape index (κ2) is 6.90. The van der Waals surface area contributed by atoms with Gasteiger partial charge in [0.2, 0.25) is 5.95 Å². The molecular weight excluding hydrogens is 340 g/mol. The highest BCUT2D eigenvalue weighted by molar-refractivity contribution is 9.10. The van der Waals surface area contributed by atoms with Crippen molar-refractivity contribution in [1.82, 2.24) is 9.97 Å². The number of nitrogens with one attached hydrogen (secondary N) is 2. The van der Waals surface area contributed by atoms with E-state index in [0.717, 1.165) is 23.1 Å². The van der Waals surface area contributed by atoms with Crippen molar-refractivity contribution in [1.29, 1.82) is 0 Å². The van der Waals surface area contributed by atoms with E-state index in [1.54, 1.807) is 6.20 Å². The molecule has 4 nitrogen and oxygen atoms in total. The Labute approximate surface area is 132 Å². The molecule has 106 valence electrons. The molecule has 20 heavy (non-hydrogen) atoms. The standard InChI is InChI=1S/C14H16BrClN4/c1-3-6-17-14-18-8-12(16)13(20-14)19-10-5-4-9(2)11(15)7-10/h4-5,7-8H,3,6H2,1-2H3,(H2,17,18,19,20). The molecule has 1 heterocycles. The summed E-state index contributed by atoms with van der Waals surface area (Å²) in [4.78, 5) is 8.52. The van der Waals surface area contributed by atoms with Gasteiger partial charge in [0.05, 0.1) is 6.20 Å².